The molecule has 2 aromatic rings. The van der Waals surface area contributed by atoms with Crippen LogP contribution in [-0.2, 0) is 0 Å². The van der Waals surface area contributed by atoms with Crippen molar-refractivity contribution in [2.24, 2.45) is 0 Å². The van der Waals surface area contributed by atoms with E-state index in [1.165, 1.54) is 22.8 Å². The summed E-state index contributed by atoms with van der Waals surface area (Å²) >= 11 is 0. The normalized spacial score (nSPS) is 12.2. The smallest absolute Gasteiger partial charge is 0.165 e. The van der Waals surface area contributed by atoms with Gasteiger partial charge in [-0.25, -0.2) is 4.39 Å². The van der Waals surface area contributed by atoms with E-state index in [4.69, 9.17) is 4.74 Å². The van der Waals surface area contributed by atoms with Gasteiger partial charge in [-0.15, -0.1) is 0 Å². The zero-order valence-electron chi connectivity index (χ0n) is 12.1. The molecule has 0 fully saturated rings. The van der Waals surface area contributed by atoms with Crippen LogP contribution in [0.15, 0.2) is 42.5 Å². The molecule has 1 atom stereocenters. The van der Waals surface area contributed by atoms with E-state index in [1.54, 1.807) is 18.2 Å². The third-order valence-electron chi connectivity index (χ3n) is 3.39. The van der Waals surface area contributed by atoms with E-state index < -0.39 is 0 Å². The third kappa shape index (κ3) is 3.36. The van der Waals surface area contributed by atoms with Crippen molar-refractivity contribution in [2.75, 3.05) is 13.7 Å². The molecule has 2 rings (SSSR count). The summed E-state index contributed by atoms with van der Waals surface area (Å²) in [4.78, 5) is 0. The highest BCUT2D eigenvalue weighted by atomic mass is 19.1. The number of aryl methyl sites for hydroxylation is 2. The van der Waals surface area contributed by atoms with Crippen LogP contribution in [-0.4, -0.2) is 13.7 Å². The van der Waals surface area contributed by atoms with Gasteiger partial charge in [0.05, 0.1) is 6.04 Å². The van der Waals surface area contributed by atoms with Crippen LogP contribution < -0.4 is 10.1 Å². The Labute approximate surface area is 119 Å². The topological polar surface area (TPSA) is 21.3 Å². The van der Waals surface area contributed by atoms with Crippen LogP contribution in [0.5, 0.6) is 5.75 Å². The molecule has 0 aliphatic carbocycles. The van der Waals surface area contributed by atoms with Crippen LogP contribution in [0.1, 0.15) is 22.7 Å². The van der Waals surface area contributed by atoms with Gasteiger partial charge in [-0.05, 0) is 44.2 Å². The maximum atomic E-state index is 13.5. The molecule has 0 heterocycles. The number of nitrogens with one attached hydrogen (secondary N) is 1. The van der Waals surface area contributed by atoms with Crippen molar-refractivity contribution in [3.05, 3.63) is 65.0 Å². The Hall–Kier alpha value is -1.87. The summed E-state index contributed by atoms with van der Waals surface area (Å²) in [5.41, 5.74) is 3.62. The van der Waals surface area contributed by atoms with Gasteiger partial charge in [0.15, 0.2) is 11.6 Å². The van der Waals surface area contributed by atoms with Crippen molar-refractivity contribution < 1.29 is 9.13 Å². The highest BCUT2D eigenvalue weighted by Crippen LogP contribution is 2.22. The molecule has 2 aromatic carbocycles. The summed E-state index contributed by atoms with van der Waals surface area (Å²) in [5.74, 6) is -0.0412. The van der Waals surface area contributed by atoms with E-state index in [-0.39, 0.29) is 17.6 Å². The average molecular weight is 273 g/mol. The standard InChI is InChI=1S/C17H20FNO/c1-12-8-9-14(13(2)10-12)16(19-3)11-20-17-7-5-4-6-15(17)18/h4-10,16,19H,11H2,1-3H3. The van der Waals surface area contributed by atoms with Crippen molar-refractivity contribution >= 4 is 0 Å². The number of likely N-dealkylation sites (N-methyl/N-ethyl adjacent to an activating group) is 1. The Morgan fingerprint density at radius 3 is 2.55 bits per heavy atom. The van der Waals surface area contributed by atoms with Gasteiger partial charge >= 0.3 is 0 Å². The third-order valence-corrected chi connectivity index (χ3v) is 3.39. The Morgan fingerprint density at radius 2 is 1.90 bits per heavy atom. The summed E-state index contributed by atoms with van der Waals surface area (Å²) in [6, 6.07) is 12.8. The van der Waals surface area contributed by atoms with E-state index in [0.717, 1.165) is 0 Å². The molecule has 0 saturated heterocycles. The lowest BCUT2D eigenvalue weighted by atomic mass is 10.00. The van der Waals surface area contributed by atoms with E-state index >= 15 is 0 Å². The van der Waals surface area contributed by atoms with Gasteiger partial charge in [-0.1, -0.05) is 35.9 Å². The van der Waals surface area contributed by atoms with Crippen LogP contribution in [0.3, 0.4) is 0 Å². The van der Waals surface area contributed by atoms with Crippen molar-refractivity contribution in [3.63, 3.8) is 0 Å². The van der Waals surface area contributed by atoms with Gasteiger partial charge in [0.2, 0.25) is 0 Å². The maximum Gasteiger partial charge on any atom is 0.165 e. The lowest BCUT2D eigenvalue weighted by Crippen LogP contribution is -2.24. The molecule has 0 amide bonds. The summed E-state index contributed by atoms with van der Waals surface area (Å²) in [7, 11) is 1.88. The molecule has 2 nitrogen and oxygen atoms in total. The number of halogens is 1. The van der Waals surface area contributed by atoms with Gasteiger partial charge in [-0.2, -0.15) is 0 Å². The molecular formula is C17H20FNO. The minimum Gasteiger partial charge on any atom is -0.489 e. The second-order valence-electron chi connectivity index (χ2n) is 4.94. The quantitative estimate of drug-likeness (QED) is 0.895. The van der Waals surface area contributed by atoms with E-state index in [2.05, 4.69) is 37.4 Å². The highest BCUT2D eigenvalue weighted by molar-refractivity contribution is 5.33. The maximum absolute atomic E-state index is 13.5. The summed E-state index contributed by atoms with van der Waals surface area (Å²) in [6.45, 7) is 4.54. The first-order valence-electron chi connectivity index (χ1n) is 6.73. The monoisotopic (exact) mass is 273 g/mol. The number of ether oxygens (including phenoxy) is 1. The minimum atomic E-state index is -0.331. The molecule has 1 N–H and O–H groups in total. The number of hydrogen-bond donors (Lipinski definition) is 1. The molecule has 0 bridgehead atoms. The molecule has 0 spiro atoms. The molecule has 0 aliphatic heterocycles. The molecule has 1 unspecified atom stereocenters. The lowest BCUT2D eigenvalue weighted by Gasteiger charge is -2.20. The summed E-state index contributed by atoms with van der Waals surface area (Å²) < 4.78 is 19.1. The Balaban J connectivity index is 2.11. The molecular weight excluding hydrogens is 253 g/mol. The zero-order valence-corrected chi connectivity index (χ0v) is 12.1. The van der Waals surface area contributed by atoms with Gasteiger partial charge in [0.1, 0.15) is 6.61 Å². The van der Waals surface area contributed by atoms with Crippen molar-refractivity contribution in [3.8, 4) is 5.75 Å². The molecule has 0 saturated carbocycles. The van der Waals surface area contributed by atoms with Crippen LogP contribution in [0, 0.1) is 19.7 Å². The van der Waals surface area contributed by atoms with Gasteiger partial charge < -0.3 is 10.1 Å². The van der Waals surface area contributed by atoms with Crippen LogP contribution in [0.2, 0.25) is 0 Å². The number of hydrogen-bond acceptors (Lipinski definition) is 2. The Bertz CT molecular complexity index is 583. The van der Waals surface area contributed by atoms with Crippen molar-refractivity contribution in [2.45, 2.75) is 19.9 Å². The Morgan fingerprint density at radius 1 is 1.15 bits per heavy atom. The number of para-hydroxylation sites is 1. The SMILES string of the molecule is CNC(COc1ccccc1F)c1ccc(C)cc1C. The fourth-order valence-electron chi connectivity index (χ4n) is 2.28. The lowest BCUT2D eigenvalue weighted by molar-refractivity contribution is 0.261. The van der Waals surface area contributed by atoms with E-state index in [1.807, 2.05) is 7.05 Å². The first kappa shape index (κ1) is 14.5. The van der Waals surface area contributed by atoms with Gasteiger partial charge in [0.25, 0.3) is 0 Å². The zero-order chi connectivity index (χ0) is 14.5. The minimum absolute atomic E-state index is 0.0372. The second-order valence-corrected chi connectivity index (χ2v) is 4.94. The molecule has 0 aromatic heterocycles. The van der Waals surface area contributed by atoms with Gasteiger partial charge in [0, 0.05) is 0 Å². The van der Waals surface area contributed by atoms with Crippen LogP contribution in [0.25, 0.3) is 0 Å². The molecule has 0 radical (unpaired) electrons. The fraction of sp³-hybridized carbons (Fsp3) is 0.294. The molecule has 106 valence electrons. The summed E-state index contributed by atoms with van der Waals surface area (Å²) in [6.07, 6.45) is 0. The number of rotatable bonds is 5. The van der Waals surface area contributed by atoms with Crippen molar-refractivity contribution in [1.82, 2.24) is 5.32 Å². The predicted molar refractivity (Wildman–Crippen MR) is 79.6 cm³/mol. The average Bonchev–Trinajstić information content (AvgIpc) is 2.43. The van der Waals surface area contributed by atoms with Gasteiger partial charge in [-0.3, -0.25) is 0 Å². The van der Waals surface area contributed by atoms with Crippen molar-refractivity contribution in [1.29, 1.82) is 0 Å². The van der Waals surface area contributed by atoms with Crippen LogP contribution >= 0.6 is 0 Å². The molecule has 0 aliphatic rings. The predicted octanol–water partition coefficient (Wildman–Crippen LogP) is 3.78. The van der Waals surface area contributed by atoms with E-state index in [9.17, 15) is 4.39 Å². The first-order valence-corrected chi connectivity index (χ1v) is 6.73. The largest absolute Gasteiger partial charge is 0.489 e. The molecule has 20 heavy (non-hydrogen) atoms. The highest BCUT2D eigenvalue weighted by Gasteiger charge is 2.13. The second kappa shape index (κ2) is 6.53. The molecule has 3 heteroatoms. The van der Waals surface area contributed by atoms with Crippen LogP contribution in [0.4, 0.5) is 4.39 Å². The van der Waals surface area contributed by atoms with E-state index in [0.29, 0.717) is 6.61 Å². The number of benzene rings is 2. The Kier molecular flexibility index (Phi) is 4.74. The fourth-order valence-corrected chi connectivity index (χ4v) is 2.28. The summed E-state index contributed by atoms with van der Waals surface area (Å²) in [5, 5.41) is 3.22. The first-order chi connectivity index (χ1) is 9.61.